The molecule has 2 fully saturated rings. The Balaban J connectivity index is 1.87. The summed E-state index contributed by atoms with van der Waals surface area (Å²) in [7, 11) is 0. The molecule has 64 valence electrons. The maximum absolute atomic E-state index is 5.95. The Morgan fingerprint density at radius 1 is 1.45 bits per heavy atom. The van der Waals surface area contributed by atoms with Crippen molar-refractivity contribution < 1.29 is 0 Å². The first-order chi connectivity index (χ1) is 5.14. The van der Waals surface area contributed by atoms with Crippen molar-refractivity contribution in [1.82, 2.24) is 4.90 Å². The van der Waals surface area contributed by atoms with Gasteiger partial charge in [-0.25, -0.2) is 0 Å². The highest BCUT2D eigenvalue weighted by Crippen LogP contribution is 2.47. The zero-order valence-corrected chi connectivity index (χ0v) is 7.51. The SMILES string of the molecule is CC(C)N1CC2(CC[C@H]2N)C1. The summed E-state index contributed by atoms with van der Waals surface area (Å²) < 4.78 is 0. The molecule has 0 radical (unpaired) electrons. The predicted molar refractivity (Wildman–Crippen MR) is 46.4 cm³/mol. The number of likely N-dealkylation sites (tertiary alicyclic amines) is 1. The molecule has 1 saturated carbocycles. The van der Waals surface area contributed by atoms with E-state index in [1.807, 2.05) is 0 Å². The Kier molecular flexibility index (Phi) is 1.52. The lowest BCUT2D eigenvalue weighted by Crippen LogP contribution is -2.70. The van der Waals surface area contributed by atoms with E-state index < -0.39 is 0 Å². The van der Waals surface area contributed by atoms with Gasteiger partial charge in [0.15, 0.2) is 0 Å². The average Bonchev–Trinajstić information content (AvgIpc) is 1.81. The van der Waals surface area contributed by atoms with Crippen LogP contribution in [0.4, 0.5) is 0 Å². The Morgan fingerprint density at radius 2 is 2.09 bits per heavy atom. The fourth-order valence-corrected chi connectivity index (χ4v) is 2.24. The number of nitrogens with two attached hydrogens (primary N) is 1. The van der Waals surface area contributed by atoms with Crippen molar-refractivity contribution in [2.75, 3.05) is 13.1 Å². The summed E-state index contributed by atoms with van der Waals surface area (Å²) in [5, 5.41) is 0. The standard InChI is InChI=1S/C9H18N2/c1-7(2)11-5-9(6-11)4-3-8(9)10/h7-8H,3-6,10H2,1-2H3/t8-/m1/s1. The average molecular weight is 154 g/mol. The van der Waals surface area contributed by atoms with Crippen LogP contribution in [-0.4, -0.2) is 30.1 Å². The highest BCUT2D eigenvalue weighted by molar-refractivity contribution is 5.08. The van der Waals surface area contributed by atoms with Crippen molar-refractivity contribution in [3.8, 4) is 0 Å². The summed E-state index contributed by atoms with van der Waals surface area (Å²) in [4.78, 5) is 2.51. The quantitative estimate of drug-likeness (QED) is 0.606. The number of hydrogen-bond acceptors (Lipinski definition) is 2. The van der Waals surface area contributed by atoms with Gasteiger partial charge in [0.1, 0.15) is 0 Å². The van der Waals surface area contributed by atoms with E-state index in [9.17, 15) is 0 Å². The Morgan fingerprint density at radius 3 is 2.36 bits per heavy atom. The number of nitrogens with zero attached hydrogens (tertiary/aromatic N) is 1. The van der Waals surface area contributed by atoms with Gasteiger partial charge in [0.25, 0.3) is 0 Å². The first kappa shape index (κ1) is 7.56. The molecule has 1 aliphatic heterocycles. The van der Waals surface area contributed by atoms with Crippen LogP contribution in [0.5, 0.6) is 0 Å². The van der Waals surface area contributed by atoms with Crippen LogP contribution < -0.4 is 5.73 Å². The van der Waals surface area contributed by atoms with Gasteiger partial charge >= 0.3 is 0 Å². The van der Waals surface area contributed by atoms with Crippen molar-refractivity contribution in [1.29, 1.82) is 0 Å². The van der Waals surface area contributed by atoms with Gasteiger partial charge in [-0.05, 0) is 26.7 Å². The fraction of sp³-hybridized carbons (Fsp3) is 1.00. The number of hydrogen-bond donors (Lipinski definition) is 1. The summed E-state index contributed by atoms with van der Waals surface area (Å²) in [6.45, 7) is 7.03. The highest BCUT2D eigenvalue weighted by atomic mass is 15.2. The zero-order chi connectivity index (χ0) is 8.06. The normalized spacial score (nSPS) is 35.5. The molecule has 1 aliphatic carbocycles. The number of rotatable bonds is 1. The minimum atomic E-state index is 0.512. The molecule has 11 heavy (non-hydrogen) atoms. The molecule has 2 rings (SSSR count). The van der Waals surface area contributed by atoms with Crippen molar-refractivity contribution in [3.63, 3.8) is 0 Å². The maximum Gasteiger partial charge on any atom is 0.0120 e. The summed E-state index contributed by atoms with van der Waals surface area (Å²) >= 11 is 0. The molecule has 1 saturated heterocycles. The van der Waals surface area contributed by atoms with E-state index in [0.29, 0.717) is 17.5 Å². The van der Waals surface area contributed by atoms with Crippen LogP contribution in [0.1, 0.15) is 26.7 Å². The third kappa shape index (κ3) is 0.926. The van der Waals surface area contributed by atoms with Gasteiger partial charge in [-0.1, -0.05) is 0 Å². The second-order valence-corrected chi connectivity index (χ2v) is 4.51. The molecule has 0 bridgehead atoms. The van der Waals surface area contributed by atoms with E-state index in [-0.39, 0.29) is 0 Å². The van der Waals surface area contributed by atoms with E-state index in [4.69, 9.17) is 5.73 Å². The van der Waals surface area contributed by atoms with Crippen LogP contribution in [0, 0.1) is 5.41 Å². The Labute approximate surface area is 68.7 Å². The minimum Gasteiger partial charge on any atom is -0.327 e. The first-order valence-electron chi connectivity index (χ1n) is 4.64. The minimum absolute atomic E-state index is 0.512. The Bertz CT molecular complexity index is 159. The van der Waals surface area contributed by atoms with E-state index in [2.05, 4.69) is 18.7 Å². The summed E-state index contributed by atoms with van der Waals surface area (Å²) in [6.07, 6.45) is 2.63. The lowest BCUT2D eigenvalue weighted by Gasteiger charge is -2.61. The summed E-state index contributed by atoms with van der Waals surface area (Å²) in [5.74, 6) is 0. The van der Waals surface area contributed by atoms with E-state index in [1.165, 1.54) is 25.9 Å². The Hall–Kier alpha value is -0.0800. The third-order valence-electron chi connectivity index (χ3n) is 3.51. The van der Waals surface area contributed by atoms with Crippen molar-refractivity contribution in [2.24, 2.45) is 11.1 Å². The lowest BCUT2D eigenvalue weighted by molar-refractivity contribution is -0.0921. The fourth-order valence-electron chi connectivity index (χ4n) is 2.24. The second kappa shape index (κ2) is 2.20. The van der Waals surface area contributed by atoms with Crippen molar-refractivity contribution in [3.05, 3.63) is 0 Å². The molecule has 1 heterocycles. The van der Waals surface area contributed by atoms with Gasteiger partial charge in [-0.2, -0.15) is 0 Å². The van der Waals surface area contributed by atoms with Gasteiger partial charge < -0.3 is 5.73 Å². The highest BCUT2D eigenvalue weighted by Gasteiger charge is 2.53. The summed E-state index contributed by atoms with van der Waals surface area (Å²) in [6, 6.07) is 1.23. The van der Waals surface area contributed by atoms with E-state index in [0.717, 1.165) is 0 Å². The maximum atomic E-state index is 5.95. The largest absolute Gasteiger partial charge is 0.327 e. The smallest absolute Gasteiger partial charge is 0.0120 e. The molecule has 1 atom stereocenters. The zero-order valence-electron chi connectivity index (χ0n) is 7.51. The topological polar surface area (TPSA) is 29.3 Å². The molecular formula is C9H18N2. The van der Waals surface area contributed by atoms with E-state index in [1.54, 1.807) is 0 Å². The van der Waals surface area contributed by atoms with Gasteiger partial charge in [0, 0.05) is 30.6 Å². The molecule has 0 amide bonds. The van der Waals surface area contributed by atoms with Crippen LogP contribution in [0.2, 0.25) is 0 Å². The molecule has 0 aromatic rings. The molecule has 2 N–H and O–H groups in total. The van der Waals surface area contributed by atoms with Gasteiger partial charge in [-0.15, -0.1) is 0 Å². The molecule has 0 aromatic heterocycles. The monoisotopic (exact) mass is 154 g/mol. The van der Waals surface area contributed by atoms with Crippen LogP contribution in [-0.2, 0) is 0 Å². The molecule has 2 nitrogen and oxygen atoms in total. The molecule has 2 aliphatic rings. The second-order valence-electron chi connectivity index (χ2n) is 4.51. The van der Waals surface area contributed by atoms with Gasteiger partial charge in [0.2, 0.25) is 0 Å². The van der Waals surface area contributed by atoms with Crippen LogP contribution in [0.3, 0.4) is 0 Å². The third-order valence-corrected chi connectivity index (χ3v) is 3.51. The van der Waals surface area contributed by atoms with Crippen molar-refractivity contribution in [2.45, 2.75) is 38.8 Å². The molecule has 0 aromatic carbocycles. The molecule has 2 heteroatoms. The van der Waals surface area contributed by atoms with Gasteiger partial charge in [0.05, 0.1) is 0 Å². The molecule has 0 unspecified atom stereocenters. The van der Waals surface area contributed by atoms with Crippen LogP contribution >= 0.6 is 0 Å². The predicted octanol–water partition coefficient (Wildman–Crippen LogP) is 0.818. The molecule has 1 spiro atoms. The molecular weight excluding hydrogens is 136 g/mol. The van der Waals surface area contributed by atoms with Crippen molar-refractivity contribution >= 4 is 0 Å². The van der Waals surface area contributed by atoms with Crippen LogP contribution in [0.25, 0.3) is 0 Å². The van der Waals surface area contributed by atoms with E-state index >= 15 is 0 Å². The first-order valence-corrected chi connectivity index (χ1v) is 4.64. The lowest BCUT2D eigenvalue weighted by atomic mass is 9.59. The summed E-state index contributed by atoms with van der Waals surface area (Å²) in [5.41, 5.74) is 6.51. The van der Waals surface area contributed by atoms with Gasteiger partial charge in [-0.3, -0.25) is 4.90 Å². The van der Waals surface area contributed by atoms with Crippen LogP contribution in [0.15, 0.2) is 0 Å².